The van der Waals surface area contributed by atoms with Crippen LogP contribution in [0.2, 0.25) is 0 Å². The second kappa shape index (κ2) is 5.19. The van der Waals surface area contributed by atoms with Gasteiger partial charge in [-0.2, -0.15) is 4.98 Å². The molecule has 6 heteroatoms. The lowest BCUT2D eigenvalue weighted by Crippen LogP contribution is -2.35. The molecule has 0 bridgehead atoms. The molecule has 0 spiro atoms. The zero-order chi connectivity index (χ0) is 13.4. The molecule has 2 aliphatic rings. The number of aromatic nitrogens is 2. The molecule has 1 aromatic rings. The molecule has 5 atom stereocenters. The molecule has 5 unspecified atom stereocenters. The number of hydrogen-bond acceptors (Lipinski definition) is 6. The fourth-order valence-electron chi connectivity index (χ4n) is 2.95. The van der Waals surface area contributed by atoms with Gasteiger partial charge in [0.15, 0.2) is 5.82 Å². The van der Waals surface area contributed by atoms with E-state index < -0.39 is 0 Å². The molecule has 3 rings (SSSR count). The predicted molar refractivity (Wildman–Crippen MR) is 67.8 cm³/mol. The minimum absolute atomic E-state index is 0.0385. The van der Waals surface area contributed by atoms with E-state index in [9.17, 15) is 0 Å². The first-order valence-electron chi connectivity index (χ1n) is 6.97. The minimum Gasteiger partial charge on any atom is -0.378 e. The summed E-state index contributed by atoms with van der Waals surface area (Å²) in [5.74, 6) is 1.94. The number of rotatable bonds is 2. The normalized spacial score (nSPS) is 39.6. The van der Waals surface area contributed by atoms with E-state index in [-0.39, 0.29) is 24.2 Å². The molecule has 1 aromatic heterocycles. The van der Waals surface area contributed by atoms with Gasteiger partial charge in [-0.3, -0.25) is 0 Å². The lowest BCUT2D eigenvalue weighted by atomic mass is 9.89. The maximum absolute atomic E-state index is 5.83. The van der Waals surface area contributed by atoms with Crippen molar-refractivity contribution in [3.05, 3.63) is 11.7 Å². The first kappa shape index (κ1) is 13.0. The summed E-state index contributed by atoms with van der Waals surface area (Å²) in [5, 5.41) is 7.42. The minimum atomic E-state index is 0.0385. The Balaban J connectivity index is 1.77. The second-order valence-corrected chi connectivity index (χ2v) is 5.50. The van der Waals surface area contributed by atoms with E-state index in [4.69, 9.17) is 14.0 Å². The predicted octanol–water partition coefficient (Wildman–Crippen LogP) is 1.26. The highest BCUT2D eigenvalue weighted by Gasteiger charge is 2.41. The third-order valence-corrected chi connectivity index (χ3v) is 4.22. The van der Waals surface area contributed by atoms with Crippen LogP contribution in [0.4, 0.5) is 0 Å². The summed E-state index contributed by atoms with van der Waals surface area (Å²) in [7, 11) is 0. The average molecular weight is 267 g/mol. The molecule has 0 radical (unpaired) electrons. The Bertz CT molecular complexity index is 431. The maximum Gasteiger partial charge on any atom is 0.232 e. The first-order chi connectivity index (χ1) is 9.16. The van der Waals surface area contributed by atoms with Crippen LogP contribution in [0.25, 0.3) is 0 Å². The molecule has 2 saturated heterocycles. The van der Waals surface area contributed by atoms with Crippen molar-refractivity contribution in [2.75, 3.05) is 19.8 Å². The summed E-state index contributed by atoms with van der Waals surface area (Å²) in [6.45, 7) is 8.49. The van der Waals surface area contributed by atoms with Crippen LogP contribution in [-0.2, 0) is 9.47 Å². The van der Waals surface area contributed by atoms with Gasteiger partial charge in [0.05, 0.1) is 37.4 Å². The van der Waals surface area contributed by atoms with Crippen LogP contribution in [0.3, 0.4) is 0 Å². The van der Waals surface area contributed by atoms with Gasteiger partial charge in [0.25, 0.3) is 0 Å². The molecular weight excluding hydrogens is 246 g/mol. The quantitative estimate of drug-likeness (QED) is 0.870. The van der Waals surface area contributed by atoms with Crippen molar-refractivity contribution in [1.82, 2.24) is 15.5 Å². The highest BCUT2D eigenvalue weighted by molar-refractivity contribution is 5.05. The van der Waals surface area contributed by atoms with Gasteiger partial charge in [-0.05, 0) is 19.8 Å². The Labute approximate surface area is 112 Å². The molecule has 2 fully saturated rings. The van der Waals surface area contributed by atoms with E-state index in [1.165, 1.54) is 0 Å². The zero-order valence-corrected chi connectivity index (χ0v) is 11.6. The summed E-state index contributed by atoms with van der Waals surface area (Å²) < 4.78 is 16.7. The summed E-state index contributed by atoms with van der Waals surface area (Å²) in [6, 6.07) is 0.0385. The highest BCUT2D eigenvalue weighted by Crippen LogP contribution is 2.39. The maximum atomic E-state index is 5.83. The van der Waals surface area contributed by atoms with Crippen molar-refractivity contribution >= 4 is 0 Å². The molecule has 6 nitrogen and oxygen atoms in total. The highest BCUT2D eigenvalue weighted by atomic mass is 16.5. The first-order valence-corrected chi connectivity index (χ1v) is 6.97. The fraction of sp³-hybridized carbons (Fsp3) is 0.846. The van der Waals surface area contributed by atoms with Gasteiger partial charge < -0.3 is 19.3 Å². The van der Waals surface area contributed by atoms with Crippen LogP contribution in [0.1, 0.15) is 44.4 Å². The molecule has 2 aliphatic heterocycles. The number of nitrogens with zero attached hydrogens (tertiary/aromatic N) is 2. The molecule has 19 heavy (non-hydrogen) atoms. The number of hydrogen-bond donors (Lipinski definition) is 1. The van der Waals surface area contributed by atoms with Crippen LogP contribution in [0, 0.1) is 5.92 Å². The zero-order valence-electron chi connectivity index (χ0n) is 11.6. The second-order valence-electron chi connectivity index (χ2n) is 5.50. The Morgan fingerprint density at radius 3 is 2.68 bits per heavy atom. The van der Waals surface area contributed by atoms with Gasteiger partial charge in [-0.15, -0.1) is 0 Å². The monoisotopic (exact) mass is 267 g/mol. The van der Waals surface area contributed by atoms with Gasteiger partial charge in [-0.25, -0.2) is 0 Å². The van der Waals surface area contributed by atoms with E-state index in [0.717, 1.165) is 13.2 Å². The largest absolute Gasteiger partial charge is 0.378 e. The third kappa shape index (κ3) is 2.40. The molecule has 0 amide bonds. The SMILES string of the molecule is CC1OC(C)C(c2nc(C3COCCN3)no2)C1C. The van der Waals surface area contributed by atoms with E-state index >= 15 is 0 Å². The number of ether oxygens (including phenoxy) is 2. The Kier molecular flexibility index (Phi) is 3.56. The molecule has 3 heterocycles. The van der Waals surface area contributed by atoms with Gasteiger partial charge in [-0.1, -0.05) is 12.1 Å². The average Bonchev–Trinajstić information content (AvgIpc) is 2.97. The van der Waals surface area contributed by atoms with E-state index in [0.29, 0.717) is 24.2 Å². The summed E-state index contributed by atoms with van der Waals surface area (Å²) in [6.07, 6.45) is 0.348. The number of nitrogens with one attached hydrogen (secondary N) is 1. The Morgan fingerprint density at radius 2 is 2.05 bits per heavy atom. The van der Waals surface area contributed by atoms with Gasteiger partial charge in [0, 0.05) is 6.54 Å². The summed E-state index contributed by atoms with van der Waals surface area (Å²) in [5.41, 5.74) is 0. The van der Waals surface area contributed by atoms with Crippen LogP contribution in [0.15, 0.2) is 4.52 Å². The van der Waals surface area contributed by atoms with Crippen LogP contribution >= 0.6 is 0 Å². The fourth-order valence-corrected chi connectivity index (χ4v) is 2.95. The van der Waals surface area contributed by atoms with E-state index in [1.807, 2.05) is 0 Å². The third-order valence-electron chi connectivity index (χ3n) is 4.22. The smallest absolute Gasteiger partial charge is 0.232 e. The van der Waals surface area contributed by atoms with Crippen molar-refractivity contribution in [3.8, 4) is 0 Å². The number of morpholine rings is 1. The molecule has 0 aromatic carbocycles. The van der Waals surface area contributed by atoms with Crippen LogP contribution < -0.4 is 5.32 Å². The van der Waals surface area contributed by atoms with Gasteiger partial charge in [0.2, 0.25) is 5.89 Å². The van der Waals surface area contributed by atoms with Gasteiger partial charge in [0.1, 0.15) is 0 Å². The topological polar surface area (TPSA) is 69.4 Å². The lowest BCUT2D eigenvalue weighted by molar-refractivity contribution is 0.0542. The summed E-state index contributed by atoms with van der Waals surface area (Å²) >= 11 is 0. The van der Waals surface area contributed by atoms with E-state index in [1.54, 1.807) is 0 Å². The van der Waals surface area contributed by atoms with Crippen molar-refractivity contribution in [3.63, 3.8) is 0 Å². The Morgan fingerprint density at radius 1 is 1.21 bits per heavy atom. The molecular formula is C13H21N3O3. The lowest BCUT2D eigenvalue weighted by Gasteiger charge is -2.20. The van der Waals surface area contributed by atoms with Crippen molar-refractivity contribution in [2.24, 2.45) is 5.92 Å². The van der Waals surface area contributed by atoms with E-state index in [2.05, 4.69) is 36.2 Å². The molecule has 0 saturated carbocycles. The Hall–Kier alpha value is -0.980. The van der Waals surface area contributed by atoms with Crippen molar-refractivity contribution in [1.29, 1.82) is 0 Å². The molecule has 1 N–H and O–H groups in total. The van der Waals surface area contributed by atoms with Crippen molar-refractivity contribution in [2.45, 2.75) is 44.9 Å². The van der Waals surface area contributed by atoms with Crippen LogP contribution in [-0.4, -0.2) is 42.1 Å². The summed E-state index contributed by atoms with van der Waals surface area (Å²) in [4.78, 5) is 4.55. The van der Waals surface area contributed by atoms with Gasteiger partial charge >= 0.3 is 0 Å². The molecule has 0 aliphatic carbocycles. The standard InChI is InChI=1S/C13H21N3O3/c1-7-8(2)18-9(3)11(7)13-15-12(16-19-13)10-6-17-5-4-14-10/h7-11,14H,4-6H2,1-3H3. The van der Waals surface area contributed by atoms with Crippen LogP contribution in [0.5, 0.6) is 0 Å². The van der Waals surface area contributed by atoms with Crippen molar-refractivity contribution < 1.29 is 14.0 Å². The molecule has 106 valence electrons.